The Bertz CT molecular complexity index is 487. The summed E-state index contributed by atoms with van der Waals surface area (Å²) in [7, 11) is 0. The molecule has 1 amide bonds. The molecule has 2 heterocycles. The smallest absolute Gasteiger partial charge is 0.230 e. The lowest BCUT2D eigenvalue weighted by molar-refractivity contribution is -0.132. The molecule has 1 aromatic carbocycles. The van der Waals surface area contributed by atoms with E-state index >= 15 is 0 Å². The topological polar surface area (TPSA) is 32.3 Å². The Morgan fingerprint density at radius 1 is 1.17 bits per heavy atom. The molecule has 3 nitrogen and oxygen atoms in total. The van der Waals surface area contributed by atoms with Crippen molar-refractivity contribution < 1.29 is 4.79 Å². The first-order valence-electron chi connectivity index (χ1n) is 6.90. The minimum atomic E-state index is 0.146. The van der Waals surface area contributed by atoms with Crippen molar-refractivity contribution in [2.24, 2.45) is 11.8 Å². The Morgan fingerprint density at radius 3 is 2.61 bits per heavy atom. The monoisotopic (exact) mass is 242 g/mol. The summed E-state index contributed by atoms with van der Waals surface area (Å²) in [5.74, 6) is 1.91. The number of benzene rings is 1. The van der Waals surface area contributed by atoms with E-state index in [1.54, 1.807) is 0 Å². The van der Waals surface area contributed by atoms with Crippen LogP contribution in [0.2, 0.25) is 0 Å². The second kappa shape index (κ2) is 3.82. The van der Waals surface area contributed by atoms with E-state index in [2.05, 4.69) is 28.4 Å². The number of rotatable bonds is 1. The Morgan fingerprint density at radius 2 is 1.89 bits per heavy atom. The van der Waals surface area contributed by atoms with Gasteiger partial charge in [0.25, 0.3) is 0 Å². The third kappa shape index (κ3) is 1.43. The summed E-state index contributed by atoms with van der Waals surface area (Å²) in [5, 5.41) is 3.42. The van der Waals surface area contributed by atoms with Gasteiger partial charge in [0, 0.05) is 26.2 Å². The fourth-order valence-corrected chi connectivity index (χ4v) is 3.73. The van der Waals surface area contributed by atoms with Gasteiger partial charge < -0.3 is 10.2 Å². The molecule has 2 saturated heterocycles. The fourth-order valence-electron chi connectivity index (χ4n) is 3.73. The van der Waals surface area contributed by atoms with Crippen molar-refractivity contribution in [2.75, 3.05) is 26.2 Å². The molecular formula is C15H18N2O. The average molecular weight is 242 g/mol. The van der Waals surface area contributed by atoms with Crippen LogP contribution >= 0.6 is 0 Å². The highest BCUT2D eigenvalue weighted by molar-refractivity contribution is 5.87. The van der Waals surface area contributed by atoms with Gasteiger partial charge in [0.1, 0.15) is 0 Å². The van der Waals surface area contributed by atoms with Crippen molar-refractivity contribution in [2.45, 2.75) is 12.3 Å². The molecule has 2 fully saturated rings. The van der Waals surface area contributed by atoms with Crippen LogP contribution in [0.5, 0.6) is 0 Å². The highest BCUT2D eigenvalue weighted by atomic mass is 16.2. The van der Waals surface area contributed by atoms with E-state index in [9.17, 15) is 4.79 Å². The summed E-state index contributed by atoms with van der Waals surface area (Å²) in [4.78, 5) is 14.6. The lowest BCUT2D eigenvalue weighted by Gasteiger charge is -2.32. The Hall–Kier alpha value is -1.35. The summed E-state index contributed by atoms with van der Waals surface area (Å²) in [6, 6.07) is 8.36. The first kappa shape index (κ1) is 10.6. The van der Waals surface area contributed by atoms with E-state index < -0.39 is 0 Å². The zero-order valence-corrected chi connectivity index (χ0v) is 10.4. The van der Waals surface area contributed by atoms with Crippen molar-refractivity contribution in [3.05, 3.63) is 35.4 Å². The van der Waals surface area contributed by atoms with Gasteiger partial charge in [0.05, 0.1) is 5.92 Å². The van der Waals surface area contributed by atoms with E-state index in [4.69, 9.17) is 0 Å². The molecule has 0 spiro atoms. The number of amides is 1. The molecular weight excluding hydrogens is 224 g/mol. The van der Waals surface area contributed by atoms with Crippen LogP contribution in [0.25, 0.3) is 0 Å². The molecule has 4 rings (SSSR count). The molecule has 18 heavy (non-hydrogen) atoms. The van der Waals surface area contributed by atoms with Crippen LogP contribution in [0.3, 0.4) is 0 Å². The van der Waals surface area contributed by atoms with Crippen LogP contribution in [-0.2, 0) is 11.2 Å². The maximum absolute atomic E-state index is 12.5. The van der Waals surface area contributed by atoms with Gasteiger partial charge in [-0.3, -0.25) is 4.79 Å². The third-order valence-electron chi connectivity index (χ3n) is 4.85. The number of carbonyl (C=O) groups is 1. The van der Waals surface area contributed by atoms with Gasteiger partial charge in [0.2, 0.25) is 5.91 Å². The quantitative estimate of drug-likeness (QED) is 0.797. The summed E-state index contributed by atoms with van der Waals surface area (Å²) < 4.78 is 0. The van der Waals surface area contributed by atoms with E-state index in [0.717, 1.165) is 32.6 Å². The Kier molecular flexibility index (Phi) is 2.24. The first-order valence-corrected chi connectivity index (χ1v) is 6.90. The molecule has 0 aromatic heterocycles. The van der Waals surface area contributed by atoms with Gasteiger partial charge in [-0.2, -0.15) is 0 Å². The fraction of sp³-hybridized carbons (Fsp3) is 0.533. The number of likely N-dealkylation sites (tertiary alicyclic amines) is 1. The number of nitrogens with zero attached hydrogens (tertiary/aromatic N) is 1. The van der Waals surface area contributed by atoms with Gasteiger partial charge in [-0.15, -0.1) is 0 Å². The minimum Gasteiger partial charge on any atom is -0.341 e. The standard InChI is InChI=1S/C15H18N2O/c18-15(14-5-10-3-1-2-4-13(10)14)17-8-11-6-16-7-12(11)9-17/h1-4,11-12,14,16H,5-9H2/t11-,12+,14?. The molecule has 1 N–H and O–H groups in total. The molecule has 2 aliphatic heterocycles. The van der Waals surface area contributed by atoms with Crippen LogP contribution in [-0.4, -0.2) is 37.0 Å². The highest BCUT2D eigenvalue weighted by Gasteiger charge is 2.42. The molecule has 0 saturated carbocycles. The van der Waals surface area contributed by atoms with Crippen LogP contribution in [0.1, 0.15) is 17.0 Å². The summed E-state index contributed by atoms with van der Waals surface area (Å²) in [5.41, 5.74) is 2.62. The van der Waals surface area contributed by atoms with Gasteiger partial charge in [-0.05, 0) is 29.4 Å². The first-order chi connectivity index (χ1) is 8.83. The van der Waals surface area contributed by atoms with Gasteiger partial charge in [-0.25, -0.2) is 0 Å². The van der Waals surface area contributed by atoms with Crippen LogP contribution < -0.4 is 5.32 Å². The SMILES string of the molecule is O=C(C1Cc2ccccc21)N1C[C@H]2CNC[C@H]2C1. The van der Waals surface area contributed by atoms with Crippen molar-refractivity contribution in [3.63, 3.8) is 0 Å². The van der Waals surface area contributed by atoms with Crippen LogP contribution in [0, 0.1) is 11.8 Å². The number of nitrogens with one attached hydrogen (secondary N) is 1. The summed E-state index contributed by atoms with van der Waals surface area (Å²) >= 11 is 0. The lowest BCUT2D eigenvalue weighted by Crippen LogP contribution is -2.39. The van der Waals surface area contributed by atoms with Crippen molar-refractivity contribution >= 4 is 5.91 Å². The summed E-state index contributed by atoms with van der Waals surface area (Å²) in [6.45, 7) is 4.12. The van der Waals surface area contributed by atoms with Gasteiger partial charge >= 0.3 is 0 Å². The minimum absolute atomic E-state index is 0.146. The third-order valence-corrected chi connectivity index (χ3v) is 4.85. The molecule has 3 atom stereocenters. The molecule has 3 heteroatoms. The maximum Gasteiger partial charge on any atom is 0.230 e. The molecule has 0 radical (unpaired) electrons. The molecule has 94 valence electrons. The largest absolute Gasteiger partial charge is 0.341 e. The van der Waals surface area contributed by atoms with E-state index in [-0.39, 0.29) is 5.92 Å². The number of hydrogen-bond donors (Lipinski definition) is 1. The average Bonchev–Trinajstić information content (AvgIpc) is 2.90. The molecule has 1 aliphatic carbocycles. The second-order valence-electron chi connectivity index (χ2n) is 5.88. The van der Waals surface area contributed by atoms with Crippen molar-refractivity contribution in [1.29, 1.82) is 0 Å². The van der Waals surface area contributed by atoms with Crippen LogP contribution in [0.15, 0.2) is 24.3 Å². The molecule has 1 aromatic rings. The zero-order valence-electron chi connectivity index (χ0n) is 10.4. The summed E-state index contributed by atoms with van der Waals surface area (Å²) in [6.07, 6.45) is 0.944. The van der Waals surface area contributed by atoms with Crippen molar-refractivity contribution in [3.8, 4) is 0 Å². The number of carbonyl (C=O) groups excluding carboxylic acids is 1. The lowest BCUT2D eigenvalue weighted by atomic mass is 9.77. The Labute approximate surface area is 107 Å². The second-order valence-corrected chi connectivity index (χ2v) is 5.88. The van der Waals surface area contributed by atoms with E-state index in [1.807, 2.05) is 6.07 Å². The zero-order chi connectivity index (χ0) is 12.1. The van der Waals surface area contributed by atoms with E-state index in [1.165, 1.54) is 11.1 Å². The molecule has 3 aliphatic rings. The molecule has 0 bridgehead atoms. The normalized spacial score (nSPS) is 32.9. The predicted octanol–water partition coefficient (Wildman–Crippen LogP) is 1.00. The number of fused-ring (bicyclic) bond motifs is 2. The predicted molar refractivity (Wildman–Crippen MR) is 69.3 cm³/mol. The van der Waals surface area contributed by atoms with E-state index in [0.29, 0.717) is 17.7 Å². The maximum atomic E-state index is 12.5. The highest BCUT2D eigenvalue weighted by Crippen LogP contribution is 2.38. The van der Waals surface area contributed by atoms with Crippen LogP contribution in [0.4, 0.5) is 0 Å². The molecule has 1 unspecified atom stereocenters. The number of hydrogen-bond acceptors (Lipinski definition) is 2. The van der Waals surface area contributed by atoms with Gasteiger partial charge in [0.15, 0.2) is 0 Å². The Balaban J connectivity index is 1.50. The van der Waals surface area contributed by atoms with Gasteiger partial charge in [-0.1, -0.05) is 24.3 Å². The van der Waals surface area contributed by atoms with Crippen molar-refractivity contribution in [1.82, 2.24) is 10.2 Å².